The summed E-state index contributed by atoms with van der Waals surface area (Å²) in [5.74, 6) is 0. The Morgan fingerprint density at radius 1 is 1.11 bits per heavy atom. The maximum absolute atomic E-state index is 11.3. The van der Waals surface area contributed by atoms with Gasteiger partial charge in [0, 0.05) is 33.4 Å². The molecular weight excluding hydrogens is 266 g/mol. The zero-order chi connectivity index (χ0) is 14.7. The van der Waals surface area contributed by atoms with E-state index in [1.807, 2.05) is 20.8 Å². The molecule has 1 amide bonds. The lowest BCUT2D eigenvalue weighted by molar-refractivity contribution is 0.0529. The molecular formula is C12H25N3O3S. The first-order valence-corrected chi connectivity index (χ1v) is 6.73. The average molecular weight is 291 g/mol. The van der Waals surface area contributed by atoms with E-state index in [-0.39, 0.29) is 0 Å². The minimum absolute atomic E-state index is 0.423. The molecule has 0 atom stereocenters. The van der Waals surface area contributed by atoms with E-state index in [4.69, 9.17) is 21.7 Å². The van der Waals surface area contributed by atoms with Gasteiger partial charge in [0.1, 0.15) is 5.60 Å². The third kappa shape index (κ3) is 13.2. The zero-order valence-corrected chi connectivity index (χ0v) is 13.0. The largest absolute Gasteiger partial charge is 0.444 e. The number of carbonyl (C=O) groups is 1. The Morgan fingerprint density at radius 3 is 2.26 bits per heavy atom. The molecule has 0 unspecified atom stereocenters. The maximum Gasteiger partial charge on any atom is 0.407 e. The van der Waals surface area contributed by atoms with Gasteiger partial charge in [-0.1, -0.05) is 0 Å². The molecule has 0 heterocycles. The molecule has 0 aromatic heterocycles. The van der Waals surface area contributed by atoms with Gasteiger partial charge in [-0.15, -0.1) is 0 Å². The highest BCUT2D eigenvalue weighted by atomic mass is 32.1. The van der Waals surface area contributed by atoms with Crippen LogP contribution in [-0.4, -0.2) is 50.2 Å². The fourth-order valence-corrected chi connectivity index (χ4v) is 1.34. The molecule has 0 spiro atoms. The normalized spacial score (nSPS) is 10.7. The minimum Gasteiger partial charge on any atom is -0.444 e. The standard InChI is InChI=1S/C12H25N3O3S/c1-12(2,3)18-11(16)15-8-7-14-10(19)13-6-5-9-17-4/h5-9H2,1-4H3,(H,15,16)(H2,13,14,19). The van der Waals surface area contributed by atoms with E-state index in [0.29, 0.717) is 24.8 Å². The SMILES string of the molecule is COCCCNC(=S)NCCNC(=O)OC(C)(C)C. The van der Waals surface area contributed by atoms with E-state index in [0.717, 1.165) is 13.0 Å². The Labute approximate surface area is 120 Å². The van der Waals surface area contributed by atoms with Crippen molar-refractivity contribution < 1.29 is 14.3 Å². The first kappa shape index (κ1) is 17.9. The number of methoxy groups -OCH3 is 1. The molecule has 3 N–H and O–H groups in total. The fourth-order valence-electron chi connectivity index (χ4n) is 1.14. The summed E-state index contributed by atoms with van der Waals surface area (Å²) in [4.78, 5) is 11.3. The van der Waals surface area contributed by atoms with Gasteiger partial charge in [-0.3, -0.25) is 0 Å². The third-order valence-electron chi connectivity index (χ3n) is 1.89. The molecule has 0 radical (unpaired) electrons. The van der Waals surface area contributed by atoms with Crippen LogP contribution >= 0.6 is 12.2 Å². The Bertz CT molecular complexity index is 280. The van der Waals surface area contributed by atoms with E-state index in [2.05, 4.69) is 16.0 Å². The summed E-state index contributed by atoms with van der Waals surface area (Å²) >= 11 is 5.06. The number of hydrogen-bond donors (Lipinski definition) is 3. The van der Waals surface area contributed by atoms with Gasteiger partial charge in [0.2, 0.25) is 0 Å². The summed E-state index contributed by atoms with van der Waals surface area (Å²) in [7, 11) is 1.67. The van der Waals surface area contributed by atoms with Gasteiger partial charge < -0.3 is 25.4 Å². The average Bonchev–Trinajstić information content (AvgIpc) is 2.28. The van der Waals surface area contributed by atoms with Gasteiger partial charge in [-0.2, -0.15) is 0 Å². The lowest BCUT2D eigenvalue weighted by atomic mass is 10.2. The molecule has 19 heavy (non-hydrogen) atoms. The molecule has 0 fully saturated rings. The van der Waals surface area contributed by atoms with Crippen LogP contribution in [0.5, 0.6) is 0 Å². The highest BCUT2D eigenvalue weighted by Crippen LogP contribution is 2.05. The van der Waals surface area contributed by atoms with E-state index in [1.165, 1.54) is 0 Å². The fraction of sp³-hybridized carbons (Fsp3) is 0.833. The van der Waals surface area contributed by atoms with Gasteiger partial charge in [-0.25, -0.2) is 4.79 Å². The summed E-state index contributed by atoms with van der Waals surface area (Å²) in [5, 5.41) is 9.24. The van der Waals surface area contributed by atoms with Crippen molar-refractivity contribution in [3.63, 3.8) is 0 Å². The highest BCUT2D eigenvalue weighted by molar-refractivity contribution is 7.80. The van der Waals surface area contributed by atoms with E-state index in [9.17, 15) is 4.79 Å². The topological polar surface area (TPSA) is 71.6 Å². The lowest BCUT2D eigenvalue weighted by Gasteiger charge is -2.19. The number of nitrogens with one attached hydrogen (secondary N) is 3. The summed E-state index contributed by atoms with van der Waals surface area (Å²) in [6.07, 6.45) is 0.474. The number of rotatable bonds is 7. The Morgan fingerprint density at radius 2 is 1.68 bits per heavy atom. The number of amides is 1. The van der Waals surface area contributed by atoms with Crippen molar-refractivity contribution in [3.05, 3.63) is 0 Å². The van der Waals surface area contributed by atoms with Gasteiger partial charge in [0.25, 0.3) is 0 Å². The van der Waals surface area contributed by atoms with Crippen molar-refractivity contribution in [2.24, 2.45) is 0 Å². The van der Waals surface area contributed by atoms with Crippen LogP contribution in [0.1, 0.15) is 27.2 Å². The predicted molar refractivity (Wildman–Crippen MR) is 79.3 cm³/mol. The Balaban J connectivity index is 3.48. The number of hydrogen-bond acceptors (Lipinski definition) is 4. The van der Waals surface area contributed by atoms with Gasteiger partial charge in [0.05, 0.1) is 0 Å². The van der Waals surface area contributed by atoms with Crippen LogP contribution in [0.25, 0.3) is 0 Å². The van der Waals surface area contributed by atoms with Crippen molar-refractivity contribution in [2.45, 2.75) is 32.8 Å². The molecule has 6 nitrogen and oxygen atoms in total. The molecule has 0 aromatic rings. The van der Waals surface area contributed by atoms with Crippen LogP contribution in [0.15, 0.2) is 0 Å². The molecule has 0 bridgehead atoms. The first-order chi connectivity index (χ1) is 8.85. The lowest BCUT2D eigenvalue weighted by Crippen LogP contribution is -2.41. The summed E-state index contributed by atoms with van der Waals surface area (Å²) in [6, 6.07) is 0. The summed E-state index contributed by atoms with van der Waals surface area (Å²) in [6.45, 7) is 7.94. The van der Waals surface area contributed by atoms with E-state index >= 15 is 0 Å². The van der Waals surface area contributed by atoms with Crippen molar-refractivity contribution in [1.82, 2.24) is 16.0 Å². The smallest absolute Gasteiger partial charge is 0.407 e. The number of carbonyl (C=O) groups excluding carboxylic acids is 1. The molecule has 0 aliphatic heterocycles. The van der Waals surface area contributed by atoms with Crippen molar-refractivity contribution in [3.8, 4) is 0 Å². The number of ether oxygens (including phenoxy) is 2. The van der Waals surface area contributed by atoms with Crippen LogP contribution in [0.3, 0.4) is 0 Å². The molecule has 7 heteroatoms. The second-order valence-electron chi connectivity index (χ2n) is 4.96. The van der Waals surface area contributed by atoms with Crippen LogP contribution < -0.4 is 16.0 Å². The highest BCUT2D eigenvalue weighted by Gasteiger charge is 2.15. The van der Waals surface area contributed by atoms with Crippen LogP contribution in [0, 0.1) is 0 Å². The van der Waals surface area contributed by atoms with Gasteiger partial charge in [0.15, 0.2) is 5.11 Å². The Hall–Kier alpha value is -1.08. The predicted octanol–water partition coefficient (Wildman–Crippen LogP) is 1.01. The van der Waals surface area contributed by atoms with Crippen molar-refractivity contribution >= 4 is 23.4 Å². The summed E-state index contributed by atoms with van der Waals surface area (Å²) < 4.78 is 10.0. The molecule has 0 rings (SSSR count). The van der Waals surface area contributed by atoms with Crippen LogP contribution in [-0.2, 0) is 9.47 Å². The van der Waals surface area contributed by atoms with Gasteiger partial charge in [-0.05, 0) is 39.4 Å². The second-order valence-corrected chi connectivity index (χ2v) is 5.37. The number of thiocarbonyl (C=S) groups is 1. The van der Waals surface area contributed by atoms with Gasteiger partial charge >= 0.3 is 6.09 Å². The zero-order valence-electron chi connectivity index (χ0n) is 12.2. The molecule has 0 aliphatic rings. The number of alkyl carbamates (subject to hydrolysis) is 1. The van der Waals surface area contributed by atoms with E-state index in [1.54, 1.807) is 7.11 Å². The van der Waals surface area contributed by atoms with E-state index < -0.39 is 11.7 Å². The van der Waals surface area contributed by atoms with Crippen LogP contribution in [0.2, 0.25) is 0 Å². The molecule has 0 aromatic carbocycles. The molecule has 0 aliphatic carbocycles. The molecule has 0 saturated heterocycles. The Kier molecular flexibility index (Phi) is 9.24. The molecule has 112 valence electrons. The quantitative estimate of drug-likeness (QED) is 0.480. The monoisotopic (exact) mass is 291 g/mol. The molecule has 0 saturated carbocycles. The maximum atomic E-state index is 11.3. The van der Waals surface area contributed by atoms with Crippen molar-refractivity contribution in [1.29, 1.82) is 0 Å². The summed E-state index contributed by atoms with van der Waals surface area (Å²) in [5.41, 5.74) is -0.476. The van der Waals surface area contributed by atoms with Crippen LogP contribution in [0.4, 0.5) is 4.79 Å². The first-order valence-electron chi connectivity index (χ1n) is 6.32. The third-order valence-corrected chi connectivity index (χ3v) is 2.18. The second kappa shape index (κ2) is 9.80. The van der Waals surface area contributed by atoms with Crippen molar-refractivity contribution in [2.75, 3.05) is 33.4 Å². The minimum atomic E-state index is -0.476.